The predicted octanol–water partition coefficient (Wildman–Crippen LogP) is 3.17. The molecule has 0 aliphatic rings. The highest BCUT2D eigenvalue weighted by Crippen LogP contribution is 2.26. The van der Waals surface area contributed by atoms with Crippen molar-refractivity contribution in [1.29, 1.82) is 0 Å². The van der Waals surface area contributed by atoms with Crippen LogP contribution in [0.1, 0.15) is 13.3 Å². The zero-order chi connectivity index (χ0) is 9.68. The standard InChI is InChI=1S/C10H14ClNO/c1-3-6-12-10-5-4-8(13-2)7-9(10)11/h4-5,7,12H,3,6H2,1-2H3. The maximum atomic E-state index is 6.00. The average Bonchev–Trinajstić information content (AvgIpc) is 2.16. The summed E-state index contributed by atoms with van der Waals surface area (Å²) in [7, 11) is 1.63. The van der Waals surface area contributed by atoms with Gasteiger partial charge in [0.25, 0.3) is 0 Å². The third-order valence-corrected chi connectivity index (χ3v) is 2.05. The summed E-state index contributed by atoms with van der Waals surface area (Å²) in [5.41, 5.74) is 0.962. The molecule has 0 aliphatic carbocycles. The second-order valence-corrected chi connectivity index (χ2v) is 3.18. The van der Waals surface area contributed by atoms with Gasteiger partial charge in [0.15, 0.2) is 0 Å². The molecule has 0 fully saturated rings. The Morgan fingerprint density at radius 3 is 2.77 bits per heavy atom. The highest BCUT2D eigenvalue weighted by molar-refractivity contribution is 6.33. The molecule has 1 rings (SSSR count). The third kappa shape index (κ3) is 2.81. The lowest BCUT2D eigenvalue weighted by Gasteiger charge is -2.08. The van der Waals surface area contributed by atoms with Crippen molar-refractivity contribution in [3.05, 3.63) is 23.2 Å². The molecule has 0 amide bonds. The second-order valence-electron chi connectivity index (χ2n) is 2.77. The molecule has 0 spiro atoms. The monoisotopic (exact) mass is 199 g/mol. The number of rotatable bonds is 4. The molecule has 1 N–H and O–H groups in total. The van der Waals surface area contributed by atoms with E-state index in [4.69, 9.17) is 16.3 Å². The van der Waals surface area contributed by atoms with Crippen LogP contribution < -0.4 is 10.1 Å². The van der Waals surface area contributed by atoms with E-state index in [1.807, 2.05) is 12.1 Å². The highest BCUT2D eigenvalue weighted by Gasteiger charge is 2.00. The molecular formula is C10H14ClNO. The smallest absolute Gasteiger partial charge is 0.120 e. The van der Waals surface area contributed by atoms with Crippen LogP contribution in [0.4, 0.5) is 5.69 Å². The Bertz CT molecular complexity index is 276. The SMILES string of the molecule is CCCNc1ccc(OC)cc1Cl. The second kappa shape index (κ2) is 4.97. The summed E-state index contributed by atoms with van der Waals surface area (Å²) >= 11 is 6.00. The van der Waals surface area contributed by atoms with Gasteiger partial charge in [0.2, 0.25) is 0 Å². The van der Waals surface area contributed by atoms with Crippen LogP contribution in [0.15, 0.2) is 18.2 Å². The summed E-state index contributed by atoms with van der Waals surface area (Å²) in [5, 5.41) is 3.93. The van der Waals surface area contributed by atoms with Crippen molar-refractivity contribution >= 4 is 17.3 Å². The van der Waals surface area contributed by atoms with E-state index in [1.54, 1.807) is 13.2 Å². The van der Waals surface area contributed by atoms with E-state index >= 15 is 0 Å². The van der Waals surface area contributed by atoms with Gasteiger partial charge in [0, 0.05) is 12.6 Å². The minimum Gasteiger partial charge on any atom is -0.497 e. The maximum absolute atomic E-state index is 6.00. The molecule has 3 heteroatoms. The van der Waals surface area contributed by atoms with E-state index < -0.39 is 0 Å². The molecule has 1 aromatic rings. The maximum Gasteiger partial charge on any atom is 0.120 e. The first kappa shape index (κ1) is 10.2. The van der Waals surface area contributed by atoms with Crippen molar-refractivity contribution in [3.63, 3.8) is 0 Å². The van der Waals surface area contributed by atoms with E-state index in [0.29, 0.717) is 5.02 Å². The number of benzene rings is 1. The fraction of sp³-hybridized carbons (Fsp3) is 0.400. The van der Waals surface area contributed by atoms with Crippen molar-refractivity contribution in [2.24, 2.45) is 0 Å². The predicted molar refractivity (Wildman–Crippen MR) is 56.8 cm³/mol. The lowest BCUT2D eigenvalue weighted by atomic mass is 10.3. The molecule has 0 saturated carbocycles. The van der Waals surface area contributed by atoms with Crippen LogP contribution in [0.25, 0.3) is 0 Å². The Morgan fingerprint density at radius 1 is 1.46 bits per heavy atom. The van der Waals surface area contributed by atoms with Gasteiger partial charge < -0.3 is 10.1 Å². The van der Waals surface area contributed by atoms with Crippen molar-refractivity contribution < 1.29 is 4.74 Å². The van der Waals surface area contributed by atoms with Crippen LogP contribution >= 0.6 is 11.6 Å². The lowest BCUT2D eigenvalue weighted by molar-refractivity contribution is 0.415. The Morgan fingerprint density at radius 2 is 2.23 bits per heavy atom. The molecule has 0 atom stereocenters. The summed E-state index contributed by atoms with van der Waals surface area (Å²) in [5.74, 6) is 0.784. The fourth-order valence-corrected chi connectivity index (χ4v) is 1.26. The molecule has 0 aromatic heterocycles. The van der Waals surface area contributed by atoms with Gasteiger partial charge in [-0.15, -0.1) is 0 Å². The fourth-order valence-electron chi connectivity index (χ4n) is 1.03. The first-order valence-corrected chi connectivity index (χ1v) is 4.73. The molecule has 2 nitrogen and oxygen atoms in total. The van der Waals surface area contributed by atoms with Crippen molar-refractivity contribution in [2.75, 3.05) is 19.0 Å². The normalized spacial score (nSPS) is 9.77. The Labute approximate surface area is 83.9 Å². The Balaban J connectivity index is 2.73. The number of hydrogen-bond acceptors (Lipinski definition) is 2. The van der Waals surface area contributed by atoms with Crippen LogP contribution in [-0.2, 0) is 0 Å². The number of nitrogens with one attached hydrogen (secondary N) is 1. The zero-order valence-electron chi connectivity index (χ0n) is 7.93. The zero-order valence-corrected chi connectivity index (χ0v) is 8.69. The number of hydrogen-bond donors (Lipinski definition) is 1. The molecular weight excluding hydrogens is 186 g/mol. The molecule has 0 bridgehead atoms. The molecule has 0 unspecified atom stereocenters. The Kier molecular flexibility index (Phi) is 3.90. The van der Waals surface area contributed by atoms with Crippen molar-refractivity contribution in [1.82, 2.24) is 0 Å². The van der Waals surface area contributed by atoms with E-state index in [0.717, 1.165) is 24.4 Å². The van der Waals surface area contributed by atoms with Gasteiger partial charge in [-0.05, 0) is 18.6 Å². The van der Waals surface area contributed by atoms with Crippen molar-refractivity contribution in [2.45, 2.75) is 13.3 Å². The van der Waals surface area contributed by atoms with E-state index in [1.165, 1.54) is 0 Å². The van der Waals surface area contributed by atoms with Gasteiger partial charge in [-0.25, -0.2) is 0 Å². The molecule has 72 valence electrons. The third-order valence-electron chi connectivity index (χ3n) is 1.74. The molecule has 13 heavy (non-hydrogen) atoms. The molecule has 0 radical (unpaired) electrons. The number of ether oxygens (including phenoxy) is 1. The van der Waals surface area contributed by atoms with Gasteiger partial charge in [0.05, 0.1) is 17.8 Å². The quantitative estimate of drug-likeness (QED) is 0.805. The summed E-state index contributed by atoms with van der Waals surface area (Å²) in [4.78, 5) is 0. The van der Waals surface area contributed by atoms with Crippen LogP contribution in [0.3, 0.4) is 0 Å². The first-order chi connectivity index (χ1) is 6.27. The van der Waals surface area contributed by atoms with E-state index in [2.05, 4.69) is 12.2 Å². The minimum absolute atomic E-state index is 0.702. The summed E-state index contributed by atoms with van der Waals surface area (Å²) in [6, 6.07) is 5.63. The van der Waals surface area contributed by atoms with Crippen molar-refractivity contribution in [3.8, 4) is 5.75 Å². The van der Waals surface area contributed by atoms with Crippen LogP contribution in [-0.4, -0.2) is 13.7 Å². The van der Waals surface area contributed by atoms with Gasteiger partial charge in [-0.3, -0.25) is 0 Å². The molecule has 0 heterocycles. The van der Waals surface area contributed by atoms with Gasteiger partial charge in [-0.1, -0.05) is 18.5 Å². The summed E-state index contributed by atoms with van der Waals surface area (Å²) in [6.45, 7) is 3.05. The van der Waals surface area contributed by atoms with Crippen LogP contribution in [0.2, 0.25) is 5.02 Å². The topological polar surface area (TPSA) is 21.3 Å². The van der Waals surface area contributed by atoms with Crippen LogP contribution in [0, 0.1) is 0 Å². The largest absolute Gasteiger partial charge is 0.497 e. The summed E-state index contributed by atoms with van der Waals surface area (Å²) < 4.78 is 5.04. The molecule has 0 saturated heterocycles. The van der Waals surface area contributed by atoms with Gasteiger partial charge in [-0.2, -0.15) is 0 Å². The first-order valence-electron chi connectivity index (χ1n) is 4.35. The number of anilines is 1. The highest BCUT2D eigenvalue weighted by atomic mass is 35.5. The Hall–Kier alpha value is -0.890. The minimum atomic E-state index is 0.702. The number of halogens is 1. The molecule has 1 aromatic carbocycles. The van der Waals surface area contributed by atoms with Gasteiger partial charge in [0.1, 0.15) is 5.75 Å². The summed E-state index contributed by atoms with van der Waals surface area (Å²) in [6.07, 6.45) is 1.09. The molecule has 0 aliphatic heterocycles. The lowest BCUT2D eigenvalue weighted by Crippen LogP contribution is -2.00. The van der Waals surface area contributed by atoms with E-state index in [-0.39, 0.29) is 0 Å². The number of methoxy groups -OCH3 is 1. The van der Waals surface area contributed by atoms with Gasteiger partial charge >= 0.3 is 0 Å². The average molecular weight is 200 g/mol. The van der Waals surface area contributed by atoms with Crippen LogP contribution in [0.5, 0.6) is 5.75 Å². The van der Waals surface area contributed by atoms with E-state index in [9.17, 15) is 0 Å².